The molecule has 0 bridgehead atoms. The molecule has 0 spiro atoms. The van der Waals surface area contributed by atoms with Crippen molar-refractivity contribution < 1.29 is 13.2 Å². The molecule has 1 aromatic rings. The van der Waals surface area contributed by atoms with Crippen LogP contribution in [0.3, 0.4) is 0 Å². The lowest BCUT2D eigenvalue weighted by atomic mass is 10.0. The molecule has 0 aliphatic heterocycles. The third-order valence-electron chi connectivity index (χ3n) is 3.27. The van der Waals surface area contributed by atoms with Crippen LogP contribution in [-0.2, 0) is 6.42 Å². The number of rotatable bonds is 9. The van der Waals surface area contributed by atoms with Crippen molar-refractivity contribution in [2.24, 2.45) is 0 Å². The Hall–Kier alpha value is -1.26. The quantitative estimate of drug-likeness (QED) is 0.657. The molecular formula is C15H23F3N2. The predicted molar refractivity (Wildman–Crippen MR) is 75.3 cm³/mol. The van der Waals surface area contributed by atoms with E-state index in [9.17, 15) is 13.2 Å². The molecule has 0 unspecified atom stereocenters. The van der Waals surface area contributed by atoms with Gasteiger partial charge < -0.3 is 5.73 Å². The van der Waals surface area contributed by atoms with Gasteiger partial charge in [-0.3, -0.25) is 0 Å². The molecule has 1 heterocycles. The largest absolute Gasteiger partial charge is 0.389 e. The van der Waals surface area contributed by atoms with E-state index in [1.54, 1.807) is 12.3 Å². The number of hydrogen-bond acceptors (Lipinski definition) is 2. The Balaban J connectivity index is 1.91. The highest BCUT2D eigenvalue weighted by atomic mass is 19.4. The Labute approximate surface area is 118 Å². The van der Waals surface area contributed by atoms with Gasteiger partial charge >= 0.3 is 6.18 Å². The SMILES string of the molecule is Nc1ccc(CCCCCCCCCC(F)(F)F)cn1. The predicted octanol–water partition coefficient (Wildman–Crippen LogP) is 4.89. The van der Waals surface area contributed by atoms with E-state index in [1.807, 2.05) is 6.07 Å². The first kappa shape index (κ1) is 16.8. The summed E-state index contributed by atoms with van der Waals surface area (Å²) in [4.78, 5) is 4.03. The van der Waals surface area contributed by atoms with Crippen LogP contribution in [0.5, 0.6) is 0 Å². The van der Waals surface area contributed by atoms with Crippen LogP contribution in [0.15, 0.2) is 18.3 Å². The number of nitrogen functional groups attached to an aromatic ring is 1. The molecule has 0 amide bonds. The number of pyridine rings is 1. The summed E-state index contributed by atoms with van der Waals surface area (Å²) >= 11 is 0. The smallest absolute Gasteiger partial charge is 0.384 e. The first-order valence-corrected chi connectivity index (χ1v) is 7.24. The average Bonchev–Trinajstić information content (AvgIpc) is 2.37. The Morgan fingerprint density at radius 2 is 1.50 bits per heavy atom. The van der Waals surface area contributed by atoms with Crippen LogP contribution in [0.25, 0.3) is 0 Å². The van der Waals surface area contributed by atoms with Gasteiger partial charge in [-0.25, -0.2) is 4.98 Å². The Morgan fingerprint density at radius 3 is 2.05 bits per heavy atom. The second-order valence-electron chi connectivity index (χ2n) is 5.18. The van der Waals surface area contributed by atoms with Gasteiger partial charge in [-0.2, -0.15) is 13.2 Å². The van der Waals surface area contributed by atoms with E-state index in [2.05, 4.69) is 4.98 Å². The van der Waals surface area contributed by atoms with E-state index in [-0.39, 0.29) is 6.42 Å². The minimum atomic E-state index is -3.99. The highest BCUT2D eigenvalue weighted by Crippen LogP contribution is 2.23. The van der Waals surface area contributed by atoms with Crippen molar-refractivity contribution in [2.75, 3.05) is 5.73 Å². The van der Waals surface area contributed by atoms with Crippen LogP contribution in [0.2, 0.25) is 0 Å². The van der Waals surface area contributed by atoms with Crippen molar-refractivity contribution in [3.05, 3.63) is 23.9 Å². The molecule has 2 nitrogen and oxygen atoms in total. The number of halogens is 3. The minimum Gasteiger partial charge on any atom is -0.384 e. The normalized spacial score (nSPS) is 11.8. The van der Waals surface area contributed by atoms with Crippen molar-refractivity contribution >= 4 is 5.82 Å². The van der Waals surface area contributed by atoms with E-state index in [1.165, 1.54) is 5.56 Å². The standard InChI is InChI=1S/C15H23F3N2/c16-15(17,18)11-7-5-3-1-2-4-6-8-13-9-10-14(19)20-12-13/h9-10,12H,1-8,11H2,(H2,19,20). The van der Waals surface area contributed by atoms with Crippen molar-refractivity contribution in [3.8, 4) is 0 Å². The molecule has 2 N–H and O–H groups in total. The molecule has 0 fully saturated rings. The number of nitrogens with zero attached hydrogens (tertiary/aromatic N) is 1. The molecule has 5 heteroatoms. The maximum Gasteiger partial charge on any atom is 0.389 e. The number of hydrogen-bond donors (Lipinski definition) is 1. The van der Waals surface area contributed by atoms with Crippen LogP contribution in [0.4, 0.5) is 19.0 Å². The second-order valence-corrected chi connectivity index (χ2v) is 5.18. The molecule has 0 atom stereocenters. The molecule has 114 valence electrons. The molecule has 0 saturated heterocycles. The number of alkyl halides is 3. The topological polar surface area (TPSA) is 38.9 Å². The molecule has 0 aliphatic carbocycles. The third-order valence-corrected chi connectivity index (χ3v) is 3.27. The average molecular weight is 288 g/mol. The van der Waals surface area contributed by atoms with Gasteiger partial charge in [0.15, 0.2) is 0 Å². The van der Waals surface area contributed by atoms with E-state index >= 15 is 0 Å². The van der Waals surface area contributed by atoms with Crippen LogP contribution in [-0.4, -0.2) is 11.2 Å². The summed E-state index contributed by atoms with van der Waals surface area (Å²) in [7, 11) is 0. The number of anilines is 1. The first-order chi connectivity index (χ1) is 9.47. The monoisotopic (exact) mass is 288 g/mol. The molecule has 0 aliphatic rings. The molecule has 1 rings (SSSR count). The Bertz CT molecular complexity index is 360. The fourth-order valence-electron chi connectivity index (χ4n) is 2.12. The number of unbranched alkanes of at least 4 members (excludes halogenated alkanes) is 6. The van der Waals surface area contributed by atoms with E-state index < -0.39 is 12.6 Å². The van der Waals surface area contributed by atoms with Crippen molar-refractivity contribution in [1.29, 1.82) is 0 Å². The van der Waals surface area contributed by atoms with Gasteiger partial charge in [0.25, 0.3) is 0 Å². The van der Waals surface area contributed by atoms with Crippen LogP contribution < -0.4 is 5.73 Å². The Kier molecular flexibility index (Phi) is 7.41. The number of aryl methyl sites for hydroxylation is 1. The summed E-state index contributed by atoms with van der Waals surface area (Å²) in [5.41, 5.74) is 6.69. The lowest BCUT2D eigenvalue weighted by molar-refractivity contribution is -0.135. The highest BCUT2D eigenvalue weighted by Gasteiger charge is 2.25. The van der Waals surface area contributed by atoms with Crippen LogP contribution in [0, 0.1) is 0 Å². The summed E-state index contributed by atoms with van der Waals surface area (Å²) in [5, 5.41) is 0. The fraction of sp³-hybridized carbons (Fsp3) is 0.667. The number of aromatic nitrogens is 1. The summed E-state index contributed by atoms with van der Waals surface area (Å²) in [6.07, 6.45) is 4.32. The molecule has 0 aromatic carbocycles. The number of nitrogens with two attached hydrogens (primary N) is 1. The van der Waals surface area contributed by atoms with Crippen LogP contribution >= 0.6 is 0 Å². The van der Waals surface area contributed by atoms with Gasteiger partial charge in [-0.15, -0.1) is 0 Å². The summed E-state index contributed by atoms with van der Waals surface area (Å²) in [6, 6.07) is 3.79. The lowest BCUT2D eigenvalue weighted by Gasteiger charge is -2.05. The zero-order valence-electron chi connectivity index (χ0n) is 11.8. The first-order valence-electron chi connectivity index (χ1n) is 7.24. The zero-order valence-corrected chi connectivity index (χ0v) is 11.8. The van der Waals surface area contributed by atoms with Gasteiger partial charge in [0.2, 0.25) is 0 Å². The van der Waals surface area contributed by atoms with Crippen molar-refractivity contribution in [2.45, 2.75) is 64.0 Å². The van der Waals surface area contributed by atoms with Gasteiger partial charge in [0, 0.05) is 12.6 Å². The lowest BCUT2D eigenvalue weighted by Crippen LogP contribution is -2.06. The zero-order chi connectivity index (χ0) is 14.8. The van der Waals surface area contributed by atoms with Gasteiger partial charge in [-0.1, -0.05) is 38.2 Å². The van der Waals surface area contributed by atoms with Crippen LogP contribution in [0.1, 0.15) is 56.9 Å². The molecular weight excluding hydrogens is 265 g/mol. The van der Waals surface area contributed by atoms with E-state index in [4.69, 9.17) is 5.73 Å². The Morgan fingerprint density at radius 1 is 0.900 bits per heavy atom. The fourth-order valence-corrected chi connectivity index (χ4v) is 2.12. The molecule has 0 saturated carbocycles. The van der Waals surface area contributed by atoms with E-state index in [0.717, 1.165) is 38.5 Å². The molecule has 20 heavy (non-hydrogen) atoms. The van der Waals surface area contributed by atoms with Crippen molar-refractivity contribution in [3.63, 3.8) is 0 Å². The second kappa shape index (κ2) is 8.82. The maximum atomic E-state index is 11.9. The molecule has 1 aromatic heterocycles. The van der Waals surface area contributed by atoms with Gasteiger partial charge in [0.1, 0.15) is 5.82 Å². The highest BCUT2D eigenvalue weighted by molar-refractivity contribution is 5.29. The summed E-state index contributed by atoms with van der Waals surface area (Å²) in [6.45, 7) is 0. The minimum absolute atomic E-state index is 0.264. The summed E-state index contributed by atoms with van der Waals surface area (Å²) < 4.78 is 35.7. The van der Waals surface area contributed by atoms with E-state index in [0.29, 0.717) is 12.2 Å². The van der Waals surface area contributed by atoms with Gasteiger partial charge in [0.05, 0.1) is 0 Å². The maximum absolute atomic E-state index is 11.9. The van der Waals surface area contributed by atoms with Gasteiger partial charge in [-0.05, 0) is 30.9 Å². The third kappa shape index (κ3) is 8.77. The molecule has 0 radical (unpaired) electrons. The summed E-state index contributed by atoms with van der Waals surface area (Å²) in [5.74, 6) is 0.535. The van der Waals surface area contributed by atoms with Crippen molar-refractivity contribution in [1.82, 2.24) is 4.98 Å².